The molecule has 1 unspecified atom stereocenters. The highest BCUT2D eigenvalue weighted by atomic mass is 35.5. The number of aryl methyl sites for hydroxylation is 1. The molecule has 0 bridgehead atoms. The van der Waals surface area contributed by atoms with Crippen LogP contribution in [0.2, 0.25) is 10.0 Å². The number of carboxylic acids is 1. The van der Waals surface area contributed by atoms with E-state index in [2.05, 4.69) is 39.9 Å². The molecule has 5 aromatic carbocycles. The van der Waals surface area contributed by atoms with Gasteiger partial charge >= 0.3 is 5.97 Å². The number of hydrogen-bond acceptors (Lipinski definition) is 7. The second kappa shape index (κ2) is 17.3. The summed E-state index contributed by atoms with van der Waals surface area (Å²) in [6.07, 6.45) is 1.20. The van der Waals surface area contributed by atoms with Gasteiger partial charge in [-0.15, -0.1) is 0 Å². The van der Waals surface area contributed by atoms with Crippen molar-refractivity contribution < 1.29 is 29.0 Å². The van der Waals surface area contributed by atoms with Crippen LogP contribution in [0.25, 0.3) is 11.1 Å². The summed E-state index contributed by atoms with van der Waals surface area (Å²) < 4.78 is 12.3. The molecule has 0 saturated heterocycles. The van der Waals surface area contributed by atoms with Crippen molar-refractivity contribution in [2.45, 2.75) is 57.6 Å². The van der Waals surface area contributed by atoms with Gasteiger partial charge in [0.15, 0.2) is 0 Å². The lowest BCUT2D eigenvalue weighted by molar-refractivity contribution is -0.142. The highest BCUT2D eigenvalue weighted by molar-refractivity contribution is 6.42. The topological polar surface area (TPSA) is 130 Å². The number of carbonyl (C=O) groups is 3. The van der Waals surface area contributed by atoms with Gasteiger partial charge in [0, 0.05) is 31.3 Å². The number of fused-ring (bicyclic) bond motifs is 2. The van der Waals surface area contributed by atoms with Crippen LogP contribution in [0.1, 0.15) is 45.2 Å². The molecule has 3 atom stereocenters. The van der Waals surface area contributed by atoms with Gasteiger partial charge in [-0.05, 0) is 95.3 Å². The number of ether oxygens (including phenoxy) is 2. The number of benzene rings is 5. The Morgan fingerprint density at radius 1 is 0.898 bits per heavy atom. The van der Waals surface area contributed by atoms with E-state index >= 15 is 0 Å². The maximum Gasteiger partial charge on any atom is 0.326 e. The summed E-state index contributed by atoms with van der Waals surface area (Å²) in [6.45, 7) is 3.05. The van der Waals surface area contributed by atoms with E-state index in [1.807, 2.05) is 72.5 Å². The Morgan fingerprint density at radius 2 is 1.63 bits per heavy atom. The van der Waals surface area contributed by atoms with Crippen molar-refractivity contribution in [3.8, 4) is 22.6 Å². The van der Waals surface area contributed by atoms with Crippen LogP contribution in [-0.4, -0.2) is 44.9 Å². The molecule has 0 radical (unpaired) electrons. The molecular weight excluding hydrogens is 787 g/mol. The van der Waals surface area contributed by atoms with E-state index in [1.54, 1.807) is 42.6 Å². The first-order valence-corrected chi connectivity index (χ1v) is 19.9. The van der Waals surface area contributed by atoms with Gasteiger partial charge in [0.05, 0.1) is 27.5 Å². The van der Waals surface area contributed by atoms with E-state index in [1.165, 1.54) is 5.56 Å². The minimum atomic E-state index is -1.15. The fourth-order valence-electron chi connectivity index (χ4n) is 7.41. The van der Waals surface area contributed by atoms with Crippen LogP contribution in [0, 0.1) is 6.92 Å². The predicted molar refractivity (Wildman–Crippen MR) is 227 cm³/mol. The van der Waals surface area contributed by atoms with Crippen molar-refractivity contribution >= 4 is 46.7 Å². The molecule has 12 heteroatoms. The van der Waals surface area contributed by atoms with Crippen LogP contribution in [0.3, 0.4) is 0 Å². The average molecular weight is 828 g/mol. The third kappa shape index (κ3) is 9.26. The molecule has 0 aliphatic carbocycles. The van der Waals surface area contributed by atoms with E-state index in [0.717, 1.165) is 39.1 Å². The largest absolute Gasteiger partial charge is 0.489 e. The number of amides is 2. The lowest BCUT2D eigenvalue weighted by Gasteiger charge is -2.37. The van der Waals surface area contributed by atoms with Crippen molar-refractivity contribution in [3.05, 3.63) is 177 Å². The lowest BCUT2D eigenvalue weighted by atomic mass is 9.91. The first kappa shape index (κ1) is 39.6. The van der Waals surface area contributed by atoms with Gasteiger partial charge in [0.25, 0.3) is 5.91 Å². The number of aliphatic carboxylic acids is 1. The maximum atomic E-state index is 14.1. The molecule has 0 saturated carbocycles. The Labute approximate surface area is 351 Å². The maximum absolute atomic E-state index is 14.1. The number of carboxylic acid groups (broad SMARTS) is 1. The minimum absolute atomic E-state index is 0.116. The van der Waals surface area contributed by atoms with Crippen molar-refractivity contribution in [1.29, 1.82) is 0 Å². The summed E-state index contributed by atoms with van der Waals surface area (Å²) in [5, 5.41) is 17.0. The SMILES string of the molecule is Cc1ccc(-c2ccc(C[C@H](NC(=O)[C@@H]3Cc4cc5c(cc4CN3Cc3ccccn3)OC(c3ccc(OCc4ccc(Cl)c(Cl)c4)cc3)C(=O)N5)C(=O)O)cc2)cc1. The van der Waals surface area contributed by atoms with Crippen LogP contribution in [0.15, 0.2) is 128 Å². The number of rotatable bonds is 12. The summed E-state index contributed by atoms with van der Waals surface area (Å²) in [5.74, 6) is -0.743. The molecular formula is C47H40Cl2N4O6. The first-order valence-electron chi connectivity index (χ1n) is 19.2. The van der Waals surface area contributed by atoms with E-state index < -0.39 is 30.1 Å². The van der Waals surface area contributed by atoms with Crippen molar-refractivity contribution in [2.75, 3.05) is 5.32 Å². The Bertz CT molecular complexity index is 2500. The van der Waals surface area contributed by atoms with Gasteiger partial charge < -0.3 is 25.2 Å². The number of halogens is 2. The van der Waals surface area contributed by atoms with E-state index in [-0.39, 0.29) is 18.7 Å². The second-order valence-corrected chi connectivity index (χ2v) is 15.6. The van der Waals surface area contributed by atoms with Gasteiger partial charge in [-0.25, -0.2) is 4.79 Å². The average Bonchev–Trinajstić information content (AvgIpc) is 3.24. The third-order valence-electron chi connectivity index (χ3n) is 10.6. The summed E-state index contributed by atoms with van der Waals surface area (Å²) in [7, 11) is 0. The van der Waals surface area contributed by atoms with E-state index in [4.69, 9.17) is 32.7 Å². The fourth-order valence-corrected chi connectivity index (χ4v) is 7.73. The van der Waals surface area contributed by atoms with Gasteiger partial charge in [0.1, 0.15) is 24.1 Å². The molecule has 1 aromatic heterocycles. The molecule has 6 aromatic rings. The summed E-state index contributed by atoms with van der Waals surface area (Å²) >= 11 is 12.2. The van der Waals surface area contributed by atoms with Crippen molar-refractivity contribution in [3.63, 3.8) is 0 Å². The number of anilines is 1. The zero-order valence-corrected chi connectivity index (χ0v) is 33.5. The summed E-state index contributed by atoms with van der Waals surface area (Å²) in [6, 6.07) is 35.9. The second-order valence-electron chi connectivity index (χ2n) is 14.8. The fraction of sp³-hybridized carbons (Fsp3) is 0.191. The van der Waals surface area contributed by atoms with Gasteiger partial charge in [0.2, 0.25) is 12.0 Å². The number of carbonyl (C=O) groups excluding carboxylic acids is 2. The molecule has 0 spiro atoms. The van der Waals surface area contributed by atoms with E-state index in [0.29, 0.717) is 52.5 Å². The predicted octanol–water partition coefficient (Wildman–Crippen LogP) is 8.75. The smallest absolute Gasteiger partial charge is 0.326 e. The number of nitrogens with one attached hydrogen (secondary N) is 2. The van der Waals surface area contributed by atoms with Crippen molar-refractivity contribution in [2.24, 2.45) is 0 Å². The molecule has 0 fully saturated rings. The minimum Gasteiger partial charge on any atom is -0.489 e. The Morgan fingerprint density at radius 3 is 2.32 bits per heavy atom. The molecule has 298 valence electrons. The third-order valence-corrected chi connectivity index (χ3v) is 11.4. The zero-order valence-electron chi connectivity index (χ0n) is 32.0. The van der Waals surface area contributed by atoms with Gasteiger partial charge in [-0.2, -0.15) is 0 Å². The standard InChI is InChI=1S/C47H40Cl2N4O6/c1-28-5-10-31(11-6-28)32-12-7-29(8-13-32)21-41(47(56)57)52-45(54)42-23-34-22-40-43(24-35(34)25-53(42)26-36-4-2-3-19-50-36)59-44(46(55)51-40)33-14-16-37(17-15-33)58-27-30-9-18-38(48)39(49)20-30/h2-20,22,24,41-42,44H,21,23,25-27H2,1H3,(H,51,55)(H,52,54)(H,56,57)/t41-,42-,44?/m0/s1. The Kier molecular flexibility index (Phi) is 11.6. The first-order chi connectivity index (χ1) is 28.6. The highest BCUT2D eigenvalue weighted by Gasteiger charge is 2.37. The molecule has 10 nitrogen and oxygen atoms in total. The lowest BCUT2D eigenvalue weighted by Crippen LogP contribution is -2.54. The van der Waals surface area contributed by atoms with Crippen molar-refractivity contribution in [1.82, 2.24) is 15.2 Å². The number of aromatic nitrogens is 1. The zero-order chi connectivity index (χ0) is 41.0. The summed E-state index contributed by atoms with van der Waals surface area (Å²) in [5.41, 5.74) is 8.61. The van der Waals surface area contributed by atoms with Crippen LogP contribution in [0.4, 0.5) is 5.69 Å². The number of nitrogens with zero attached hydrogens (tertiary/aromatic N) is 2. The van der Waals surface area contributed by atoms with Gasteiger partial charge in [-0.1, -0.05) is 102 Å². The molecule has 2 amide bonds. The molecule has 2 aliphatic rings. The molecule has 8 rings (SSSR count). The summed E-state index contributed by atoms with van der Waals surface area (Å²) in [4.78, 5) is 46.6. The molecule has 3 heterocycles. The van der Waals surface area contributed by atoms with Gasteiger partial charge in [-0.3, -0.25) is 19.5 Å². The highest BCUT2D eigenvalue weighted by Crippen LogP contribution is 2.40. The monoisotopic (exact) mass is 826 g/mol. The molecule has 3 N–H and O–H groups in total. The quantitative estimate of drug-likeness (QED) is 0.112. The molecule has 2 aliphatic heterocycles. The number of hydrogen-bond donors (Lipinski definition) is 3. The van der Waals surface area contributed by atoms with E-state index in [9.17, 15) is 19.5 Å². The Hall–Kier alpha value is -6.20. The van der Waals surface area contributed by atoms with Crippen LogP contribution >= 0.6 is 23.2 Å². The Balaban J connectivity index is 0.975. The van der Waals surface area contributed by atoms with Crippen LogP contribution < -0.4 is 20.1 Å². The van der Waals surface area contributed by atoms with Crippen LogP contribution in [-0.2, 0) is 46.9 Å². The normalized spacial score (nSPS) is 16.5. The van der Waals surface area contributed by atoms with Crippen LogP contribution in [0.5, 0.6) is 11.5 Å². The number of pyridine rings is 1. The molecule has 59 heavy (non-hydrogen) atoms.